The van der Waals surface area contributed by atoms with Crippen LogP contribution in [0, 0.1) is 29.1 Å². The van der Waals surface area contributed by atoms with Gasteiger partial charge in [-0.25, -0.2) is 4.98 Å². The molecule has 0 N–H and O–H groups in total. The fourth-order valence-corrected chi connectivity index (χ4v) is 4.59. The lowest BCUT2D eigenvalue weighted by atomic mass is 10.1. The Kier molecular flexibility index (Phi) is 6.59. The molecule has 0 aliphatic rings. The fraction of sp³-hybridized carbons (Fsp3) is 0.286. The number of aryl methyl sites for hydroxylation is 2. The molecule has 0 bridgehead atoms. The fourth-order valence-electron chi connectivity index (χ4n) is 3.27. The van der Waals surface area contributed by atoms with Crippen molar-refractivity contribution in [2.75, 3.05) is 11.4 Å². The van der Waals surface area contributed by atoms with Crippen LogP contribution >= 0.6 is 23.6 Å². The van der Waals surface area contributed by atoms with Gasteiger partial charge in [0.1, 0.15) is 17.6 Å². The van der Waals surface area contributed by atoms with Gasteiger partial charge in [-0.05, 0) is 49.3 Å². The molecule has 30 heavy (non-hydrogen) atoms. The number of fused-ring (bicyclic) bond motifs is 1. The van der Waals surface area contributed by atoms with Gasteiger partial charge in [0.25, 0.3) is 5.56 Å². The highest BCUT2D eigenvalue weighted by atomic mass is 32.1. The van der Waals surface area contributed by atoms with E-state index in [4.69, 9.17) is 17.5 Å². The van der Waals surface area contributed by atoms with Crippen LogP contribution in [0.3, 0.4) is 0 Å². The number of amides is 1. The Hall–Kier alpha value is -3.09. The standard InChI is InChI=1S/C21H21N5O2S2/c1-4-7-26-19-18(30-21(26)29)20(28)24(13-23-19)12-17(27)25(8-5-6-22)16-10-14(2)9-15(3)11-16/h4,9-11,13H,1,5,7-8,12H2,2-3H3. The number of benzene rings is 1. The second kappa shape index (κ2) is 9.15. The summed E-state index contributed by atoms with van der Waals surface area (Å²) in [7, 11) is 0. The number of nitriles is 1. The van der Waals surface area contributed by atoms with Crippen molar-refractivity contribution in [3.8, 4) is 6.07 Å². The maximum Gasteiger partial charge on any atom is 0.273 e. The zero-order valence-electron chi connectivity index (χ0n) is 16.8. The highest BCUT2D eigenvalue weighted by Gasteiger charge is 2.19. The van der Waals surface area contributed by atoms with E-state index in [0.29, 0.717) is 26.5 Å². The van der Waals surface area contributed by atoms with E-state index in [1.54, 1.807) is 15.5 Å². The lowest BCUT2D eigenvalue weighted by Gasteiger charge is -2.23. The van der Waals surface area contributed by atoms with Crippen molar-refractivity contribution in [1.82, 2.24) is 14.1 Å². The summed E-state index contributed by atoms with van der Waals surface area (Å²) in [5, 5.41) is 9.01. The third-order valence-electron chi connectivity index (χ3n) is 4.53. The SMILES string of the molecule is C=CCn1c(=S)sc2c(=O)n(CC(=O)N(CCC#N)c3cc(C)cc(C)c3)cnc21. The maximum absolute atomic E-state index is 13.1. The molecule has 1 amide bonds. The van der Waals surface area contributed by atoms with Crippen LogP contribution in [-0.4, -0.2) is 26.6 Å². The van der Waals surface area contributed by atoms with Gasteiger partial charge in [-0.15, -0.1) is 6.58 Å². The Labute approximate surface area is 183 Å². The number of thiazole rings is 1. The quantitative estimate of drug-likeness (QED) is 0.414. The highest BCUT2D eigenvalue weighted by Crippen LogP contribution is 2.21. The van der Waals surface area contributed by atoms with Crippen molar-refractivity contribution in [2.24, 2.45) is 0 Å². The van der Waals surface area contributed by atoms with Crippen LogP contribution < -0.4 is 10.5 Å². The van der Waals surface area contributed by atoms with Crippen LogP contribution in [-0.2, 0) is 17.9 Å². The van der Waals surface area contributed by atoms with Gasteiger partial charge in [0.15, 0.2) is 9.60 Å². The minimum atomic E-state index is -0.312. The molecule has 154 valence electrons. The smallest absolute Gasteiger partial charge is 0.273 e. The molecule has 7 nitrogen and oxygen atoms in total. The molecule has 0 spiro atoms. The van der Waals surface area contributed by atoms with Crippen molar-refractivity contribution < 1.29 is 4.79 Å². The second-order valence-corrected chi connectivity index (χ2v) is 8.54. The van der Waals surface area contributed by atoms with Gasteiger partial charge in [0.05, 0.1) is 12.5 Å². The first kappa shape index (κ1) is 21.6. The largest absolute Gasteiger partial charge is 0.310 e. The molecule has 0 saturated carbocycles. The molecule has 2 heterocycles. The van der Waals surface area contributed by atoms with Gasteiger partial charge in [-0.1, -0.05) is 23.5 Å². The molecule has 2 aromatic heterocycles. The van der Waals surface area contributed by atoms with Crippen LogP contribution in [0.25, 0.3) is 10.3 Å². The predicted molar refractivity (Wildman–Crippen MR) is 121 cm³/mol. The minimum absolute atomic E-state index is 0.174. The predicted octanol–water partition coefficient (Wildman–Crippen LogP) is 3.74. The van der Waals surface area contributed by atoms with E-state index < -0.39 is 0 Å². The van der Waals surface area contributed by atoms with Crippen LogP contribution in [0.4, 0.5) is 5.69 Å². The van der Waals surface area contributed by atoms with Crippen molar-refractivity contribution in [1.29, 1.82) is 5.26 Å². The van der Waals surface area contributed by atoms with E-state index in [1.807, 2.05) is 32.0 Å². The highest BCUT2D eigenvalue weighted by molar-refractivity contribution is 7.73. The Bertz CT molecular complexity index is 1260. The number of nitrogens with zero attached hydrogens (tertiary/aromatic N) is 5. The number of hydrogen-bond acceptors (Lipinski definition) is 6. The first-order chi connectivity index (χ1) is 14.3. The van der Waals surface area contributed by atoms with E-state index in [9.17, 15) is 9.59 Å². The van der Waals surface area contributed by atoms with E-state index in [0.717, 1.165) is 11.1 Å². The van der Waals surface area contributed by atoms with E-state index in [1.165, 1.54) is 22.2 Å². The number of aromatic nitrogens is 3. The number of carbonyl (C=O) groups is 1. The molecule has 1 aromatic carbocycles. The third kappa shape index (κ3) is 4.40. The number of rotatable bonds is 7. The van der Waals surface area contributed by atoms with Crippen LogP contribution in [0.2, 0.25) is 0 Å². The lowest BCUT2D eigenvalue weighted by molar-refractivity contribution is -0.119. The molecule has 3 rings (SSSR count). The average molecular weight is 440 g/mol. The van der Waals surface area contributed by atoms with Crippen LogP contribution in [0.5, 0.6) is 0 Å². The lowest BCUT2D eigenvalue weighted by Crippen LogP contribution is -2.37. The summed E-state index contributed by atoms with van der Waals surface area (Å²) in [5.74, 6) is -0.285. The molecule has 0 aliphatic carbocycles. The number of anilines is 1. The Morgan fingerprint density at radius 2 is 2.07 bits per heavy atom. The number of carbonyl (C=O) groups excluding carboxylic acids is 1. The first-order valence-electron chi connectivity index (χ1n) is 9.31. The molecule has 0 atom stereocenters. The molecule has 3 aromatic rings. The van der Waals surface area contributed by atoms with Gasteiger partial charge in [-0.2, -0.15) is 5.26 Å². The summed E-state index contributed by atoms with van der Waals surface area (Å²) in [5.41, 5.74) is 2.93. The van der Waals surface area contributed by atoms with E-state index in [2.05, 4.69) is 17.6 Å². The van der Waals surface area contributed by atoms with Crippen molar-refractivity contribution in [3.05, 3.63) is 62.6 Å². The summed E-state index contributed by atoms with van der Waals surface area (Å²) < 4.78 is 3.97. The molecular weight excluding hydrogens is 418 g/mol. The zero-order valence-corrected chi connectivity index (χ0v) is 18.4. The molecule has 0 saturated heterocycles. The first-order valence-corrected chi connectivity index (χ1v) is 10.5. The van der Waals surface area contributed by atoms with Crippen LogP contribution in [0.15, 0.2) is 42.0 Å². The van der Waals surface area contributed by atoms with Gasteiger partial charge >= 0.3 is 0 Å². The Morgan fingerprint density at radius 1 is 1.37 bits per heavy atom. The third-order valence-corrected chi connectivity index (χ3v) is 5.95. The van der Waals surface area contributed by atoms with Crippen molar-refractivity contribution in [3.63, 3.8) is 0 Å². The molecule has 0 aliphatic heterocycles. The second-order valence-electron chi connectivity index (χ2n) is 6.90. The monoisotopic (exact) mass is 439 g/mol. The van der Waals surface area contributed by atoms with Gasteiger partial charge < -0.3 is 9.47 Å². The maximum atomic E-state index is 13.1. The molecule has 9 heteroatoms. The van der Waals surface area contributed by atoms with Gasteiger partial charge in [-0.3, -0.25) is 14.2 Å². The van der Waals surface area contributed by atoms with Crippen molar-refractivity contribution >= 4 is 45.5 Å². The number of hydrogen-bond donors (Lipinski definition) is 0. The summed E-state index contributed by atoms with van der Waals surface area (Å²) >= 11 is 6.50. The molecule has 0 unspecified atom stereocenters. The van der Waals surface area contributed by atoms with Gasteiger partial charge in [0.2, 0.25) is 5.91 Å². The Morgan fingerprint density at radius 3 is 2.70 bits per heavy atom. The molecule has 0 radical (unpaired) electrons. The normalized spacial score (nSPS) is 10.7. The number of allylic oxidation sites excluding steroid dienone is 1. The topological polar surface area (TPSA) is 83.9 Å². The summed E-state index contributed by atoms with van der Waals surface area (Å²) in [6.07, 6.45) is 3.25. The summed E-state index contributed by atoms with van der Waals surface area (Å²) in [6, 6.07) is 7.88. The Balaban J connectivity index is 1.97. The zero-order chi connectivity index (χ0) is 21.8. The molecule has 0 fully saturated rings. The minimum Gasteiger partial charge on any atom is -0.310 e. The van der Waals surface area contributed by atoms with Gasteiger partial charge in [0, 0.05) is 18.8 Å². The van der Waals surface area contributed by atoms with Crippen molar-refractivity contribution in [2.45, 2.75) is 33.4 Å². The molecular formula is C21H21N5O2S2. The summed E-state index contributed by atoms with van der Waals surface area (Å²) in [6.45, 7) is 8.14. The average Bonchev–Trinajstić information content (AvgIpc) is 3.00. The summed E-state index contributed by atoms with van der Waals surface area (Å²) in [4.78, 5) is 31.9. The van der Waals surface area contributed by atoms with E-state index in [-0.39, 0.29) is 31.0 Å². The van der Waals surface area contributed by atoms with E-state index >= 15 is 0 Å². The van der Waals surface area contributed by atoms with Crippen LogP contribution in [0.1, 0.15) is 17.5 Å².